The molecule has 0 unspecified atom stereocenters. The van der Waals surface area contributed by atoms with Gasteiger partial charge in [-0.2, -0.15) is 0 Å². The second-order valence-corrected chi connectivity index (χ2v) is 7.97. The van der Waals surface area contributed by atoms with Gasteiger partial charge in [0.1, 0.15) is 18.0 Å². The predicted molar refractivity (Wildman–Crippen MR) is 115 cm³/mol. The lowest BCUT2D eigenvalue weighted by Gasteiger charge is -2.08. The number of nitrogens with one attached hydrogen (secondary N) is 1. The first kappa shape index (κ1) is 20.5. The third kappa shape index (κ3) is 5.20. The number of nitro groups is 1. The molecule has 7 heteroatoms. The Bertz CT molecular complexity index is 1030. The van der Waals surface area contributed by atoms with Crippen LogP contribution in [0, 0.1) is 17.0 Å². The Morgan fingerprint density at radius 1 is 1.17 bits per heavy atom. The topological polar surface area (TPSA) is 81.5 Å². The summed E-state index contributed by atoms with van der Waals surface area (Å²) in [4.78, 5) is 23.7. The van der Waals surface area contributed by atoms with Crippen molar-refractivity contribution >= 4 is 28.6 Å². The number of hydrogen-bond acceptors (Lipinski definition) is 5. The van der Waals surface area contributed by atoms with Crippen LogP contribution in [0.5, 0.6) is 5.75 Å². The quantitative estimate of drug-likeness (QED) is 0.387. The van der Waals surface area contributed by atoms with Crippen molar-refractivity contribution in [3.05, 3.63) is 85.6 Å². The fraction of sp³-hybridized carbons (Fsp3) is 0.227. The van der Waals surface area contributed by atoms with Crippen molar-refractivity contribution in [2.24, 2.45) is 0 Å². The fourth-order valence-corrected chi connectivity index (χ4v) is 3.56. The van der Waals surface area contributed by atoms with Crippen LogP contribution in [0.4, 0.5) is 11.4 Å². The lowest BCUT2D eigenvalue weighted by molar-refractivity contribution is -0.384. The number of aryl methyl sites for hydroxylation is 1. The number of carbonyl (C=O) groups excluding carboxylic acids is 1. The Kier molecular flexibility index (Phi) is 6.29. The first-order valence-corrected chi connectivity index (χ1v) is 10.1. The fourth-order valence-electron chi connectivity index (χ4n) is 2.77. The first-order valence-electron chi connectivity index (χ1n) is 9.20. The zero-order valence-corrected chi connectivity index (χ0v) is 17.3. The largest absolute Gasteiger partial charge is 0.489 e. The molecule has 0 saturated heterocycles. The molecule has 0 bridgehead atoms. The summed E-state index contributed by atoms with van der Waals surface area (Å²) >= 11 is 1.27. The maximum atomic E-state index is 12.5. The van der Waals surface area contributed by atoms with E-state index in [9.17, 15) is 14.9 Å². The SMILES string of the molecule is Cc1ccc(NC(=O)c2cc(COc3ccc(C(C)C)cc3)cs2)c([N+](=O)[O-])c1. The lowest BCUT2D eigenvalue weighted by atomic mass is 10.0. The van der Waals surface area contributed by atoms with Gasteiger partial charge in [0, 0.05) is 11.6 Å². The van der Waals surface area contributed by atoms with Gasteiger partial charge in [-0.15, -0.1) is 11.3 Å². The molecule has 1 aromatic heterocycles. The number of carbonyl (C=O) groups is 1. The molecule has 1 N–H and O–H groups in total. The van der Waals surface area contributed by atoms with Crippen LogP contribution in [0.15, 0.2) is 53.9 Å². The van der Waals surface area contributed by atoms with Crippen LogP contribution in [-0.4, -0.2) is 10.8 Å². The van der Waals surface area contributed by atoms with Crippen molar-refractivity contribution in [1.29, 1.82) is 0 Å². The van der Waals surface area contributed by atoms with Crippen LogP contribution in [0.25, 0.3) is 0 Å². The number of amides is 1. The zero-order valence-electron chi connectivity index (χ0n) is 16.5. The van der Waals surface area contributed by atoms with E-state index in [1.54, 1.807) is 25.1 Å². The van der Waals surface area contributed by atoms with E-state index in [0.29, 0.717) is 17.4 Å². The van der Waals surface area contributed by atoms with Gasteiger partial charge in [-0.25, -0.2) is 0 Å². The molecule has 0 aliphatic heterocycles. The van der Waals surface area contributed by atoms with Gasteiger partial charge in [-0.05, 0) is 53.6 Å². The van der Waals surface area contributed by atoms with Crippen LogP contribution in [0.1, 0.15) is 46.1 Å². The Balaban J connectivity index is 1.64. The molecule has 0 aliphatic carbocycles. The normalized spacial score (nSPS) is 10.8. The van der Waals surface area contributed by atoms with Crippen LogP contribution in [0.3, 0.4) is 0 Å². The molecule has 3 rings (SSSR count). The summed E-state index contributed by atoms with van der Waals surface area (Å²) in [6, 6.07) is 14.4. The molecule has 3 aromatic rings. The Morgan fingerprint density at radius 3 is 2.55 bits per heavy atom. The van der Waals surface area contributed by atoms with E-state index >= 15 is 0 Å². The van der Waals surface area contributed by atoms with Crippen LogP contribution in [0.2, 0.25) is 0 Å². The number of anilines is 1. The molecule has 0 spiro atoms. The summed E-state index contributed by atoms with van der Waals surface area (Å²) < 4.78 is 5.79. The lowest BCUT2D eigenvalue weighted by Crippen LogP contribution is -2.11. The smallest absolute Gasteiger partial charge is 0.293 e. The second-order valence-electron chi connectivity index (χ2n) is 7.06. The van der Waals surface area contributed by atoms with Crippen molar-refractivity contribution in [2.75, 3.05) is 5.32 Å². The van der Waals surface area contributed by atoms with E-state index in [2.05, 4.69) is 19.2 Å². The Labute approximate surface area is 173 Å². The minimum Gasteiger partial charge on any atom is -0.489 e. The highest BCUT2D eigenvalue weighted by Crippen LogP contribution is 2.27. The number of nitrogens with zero attached hydrogens (tertiary/aromatic N) is 1. The number of thiophene rings is 1. The number of ether oxygens (including phenoxy) is 1. The average Bonchev–Trinajstić information content (AvgIpc) is 3.17. The van der Waals surface area contributed by atoms with Crippen molar-refractivity contribution < 1.29 is 14.5 Å². The maximum absolute atomic E-state index is 12.5. The van der Waals surface area contributed by atoms with Crippen LogP contribution < -0.4 is 10.1 Å². The Hall–Kier alpha value is -3.19. The van der Waals surface area contributed by atoms with Gasteiger partial charge in [0.25, 0.3) is 11.6 Å². The Morgan fingerprint density at radius 2 is 1.90 bits per heavy atom. The van der Waals surface area contributed by atoms with Crippen LogP contribution in [-0.2, 0) is 6.61 Å². The summed E-state index contributed by atoms with van der Waals surface area (Å²) in [5.41, 5.74) is 2.93. The zero-order chi connectivity index (χ0) is 21.0. The monoisotopic (exact) mass is 410 g/mol. The summed E-state index contributed by atoms with van der Waals surface area (Å²) in [7, 11) is 0. The van der Waals surface area contributed by atoms with Gasteiger partial charge >= 0.3 is 0 Å². The van der Waals surface area contributed by atoms with E-state index in [0.717, 1.165) is 16.9 Å². The number of rotatable bonds is 7. The van der Waals surface area contributed by atoms with Gasteiger partial charge in [-0.1, -0.05) is 32.0 Å². The molecule has 1 amide bonds. The molecule has 0 aliphatic rings. The highest BCUT2D eigenvalue weighted by atomic mass is 32.1. The molecule has 2 aromatic carbocycles. The van der Waals surface area contributed by atoms with E-state index in [1.807, 2.05) is 29.6 Å². The van der Waals surface area contributed by atoms with E-state index in [-0.39, 0.29) is 17.3 Å². The third-order valence-electron chi connectivity index (χ3n) is 4.43. The number of benzene rings is 2. The maximum Gasteiger partial charge on any atom is 0.293 e. The molecule has 0 saturated carbocycles. The summed E-state index contributed by atoms with van der Waals surface area (Å²) in [6.07, 6.45) is 0. The van der Waals surface area contributed by atoms with Crippen LogP contribution >= 0.6 is 11.3 Å². The molecule has 29 heavy (non-hydrogen) atoms. The van der Waals surface area contributed by atoms with Gasteiger partial charge < -0.3 is 10.1 Å². The number of nitro benzene ring substituents is 1. The predicted octanol–water partition coefficient (Wildman–Crippen LogP) is 5.92. The summed E-state index contributed by atoms with van der Waals surface area (Å²) in [6.45, 7) is 6.38. The first-order chi connectivity index (χ1) is 13.8. The van der Waals surface area contributed by atoms with E-state index < -0.39 is 4.92 Å². The van der Waals surface area contributed by atoms with Crippen molar-refractivity contribution in [1.82, 2.24) is 0 Å². The van der Waals surface area contributed by atoms with Gasteiger partial charge in [-0.3, -0.25) is 14.9 Å². The highest BCUT2D eigenvalue weighted by Gasteiger charge is 2.18. The molecule has 6 nitrogen and oxygen atoms in total. The van der Waals surface area contributed by atoms with Gasteiger partial charge in [0.2, 0.25) is 0 Å². The van der Waals surface area contributed by atoms with Crippen molar-refractivity contribution in [3.8, 4) is 5.75 Å². The van der Waals surface area contributed by atoms with E-state index in [4.69, 9.17) is 4.74 Å². The second kappa shape index (κ2) is 8.87. The molecule has 0 fully saturated rings. The average molecular weight is 410 g/mol. The molecule has 0 radical (unpaired) electrons. The molecule has 1 heterocycles. The number of hydrogen-bond donors (Lipinski definition) is 1. The van der Waals surface area contributed by atoms with Gasteiger partial charge in [0.05, 0.1) is 9.80 Å². The third-order valence-corrected chi connectivity index (χ3v) is 5.41. The molecule has 0 atom stereocenters. The summed E-state index contributed by atoms with van der Waals surface area (Å²) in [5, 5.41) is 15.7. The van der Waals surface area contributed by atoms with Crippen molar-refractivity contribution in [2.45, 2.75) is 33.3 Å². The van der Waals surface area contributed by atoms with Gasteiger partial charge in [0.15, 0.2) is 0 Å². The summed E-state index contributed by atoms with van der Waals surface area (Å²) in [5.74, 6) is 0.850. The van der Waals surface area contributed by atoms with E-state index in [1.165, 1.54) is 23.0 Å². The molecular weight excluding hydrogens is 388 g/mol. The minimum atomic E-state index is -0.499. The standard InChI is InChI=1S/C22H22N2O4S/c1-14(2)17-5-7-18(8-6-17)28-12-16-11-21(29-13-16)22(25)23-19-9-4-15(3)10-20(19)24(26)27/h4-11,13-14H,12H2,1-3H3,(H,23,25). The minimum absolute atomic E-state index is 0.122. The highest BCUT2D eigenvalue weighted by molar-refractivity contribution is 7.12. The van der Waals surface area contributed by atoms with Crippen molar-refractivity contribution in [3.63, 3.8) is 0 Å². The molecule has 150 valence electrons. The molecular formula is C22H22N2O4S.